The van der Waals surface area contributed by atoms with Crippen molar-refractivity contribution >= 4 is 11.8 Å². The molecule has 17 heavy (non-hydrogen) atoms. The molecule has 2 heteroatoms. The van der Waals surface area contributed by atoms with Gasteiger partial charge < -0.3 is 0 Å². The Labute approximate surface area is 107 Å². The molecule has 0 saturated heterocycles. The fourth-order valence-electron chi connectivity index (χ4n) is 1.62. The van der Waals surface area contributed by atoms with Crippen LogP contribution in [0.5, 0.6) is 0 Å². The zero-order valence-corrected chi connectivity index (χ0v) is 11.3. The van der Waals surface area contributed by atoms with Gasteiger partial charge in [-0.1, -0.05) is 45.0 Å². The molecule has 1 nitrogen and oxygen atoms in total. The Bertz CT molecular complexity index is 486. The summed E-state index contributed by atoms with van der Waals surface area (Å²) >= 11 is 1.88. The van der Waals surface area contributed by atoms with E-state index in [1.807, 2.05) is 30.1 Å². The van der Waals surface area contributed by atoms with E-state index in [1.54, 1.807) is 0 Å². The lowest BCUT2D eigenvalue weighted by molar-refractivity contribution is 0.803. The van der Waals surface area contributed by atoms with Gasteiger partial charge in [0.1, 0.15) is 0 Å². The van der Waals surface area contributed by atoms with Crippen LogP contribution in [0.15, 0.2) is 53.6 Å². The summed E-state index contributed by atoms with van der Waals surface area (Å²) in [7, 11) is 0. The molecule has 2 rings (SSSR count). The lowest BCUT2D eigenvalue weighted by atomic mass is 10.1. The van der Waals surface area contributed by atoms with Gasteiger partial charge in [0.15, 0.2) is 0 Å². The first-order chi connectivity index (χ1) is 8.06. The Morgan fingerprint density at radius 3 is 2.29 bits per heavy atom. The molecule has 0 fully saturated rings. The molecule has 0 bridgehead atoms. The van der Waals surface area contributed by atoms with Crippen molar-refractivity contribution in [1.82, 2.24) is 4.98 Å². The van der Waals surface area contributed by atoms with Crippen LogP contribution in [0, 0.1) is 0 Å². The lowest BCUT2D eigenvalue weighted by Gasteiger charge is -2.19. The van der Waals surface area contributed by atoms with Crippen molar-refractivity contribution in [2.45, 2.75) is 30.4 Å². The molecule has 1 aromatic heterocycles. The van der Waals surface area contributed by atoms with Crippen molar-refractivity contribution < 1.29 is 0 Å². The molecule has 0 radical (unpaired) electrons. The molecular formula is C15H17NS. The molecule has 0 spiro atoms. The third kappa shape index (κ3) is 3.34. The highest BCUT2D eigenvalue weighted by Crippen LogP contribution is 2.37. The van der Waals surface area contributed by atoms with Gasteiger partial charge in [0.25, 0.3) is 0 Å². The number of pyridine rings is 1. The first-order valence-corrected chi connectivity index (χ1v) is 6.57. The van der Waals surface area contributed by atoms with Crippen LogP contribution in [0.2, 0.25) is 0 Å². The van der Waals surface area contributed by atoms with Crippen molar-refractivity contribution in [3.05, 3.63) is 48.7 Å². The van der Waals surface area contributed by atoms with E-state index in [9.17, 15) is 0 Å². The van der Waals surface area contributed by atoms with Gasteiger partial charge in [-0.05, 0) is 18.2 Å². The first kappa shape index (κ1) is 12.2. The SMILES string of the molecule is CC(C)(C)Sc1ccccc1-c1ccccn1. The topological polar surface area (TPSA) is 12.9 Å². The maximum absolute atomic E-state index is 4.43. The van der Waals surface area contributed by atoms with Gasteiger partial charge in [-0.25, -0.2) is 0 Å². The smallest absolute Gasteiger partial charge is 0.0713 e. The standard InChI is InChI=1S/C15H17NS/c1-15(2,3)17-14-10-5-4-8-12(14)13-9-6-7-11-16-13/h4-11H,1-3H3. The molecule has 1 aromatic carbocycles. The van der Waals surface area contributed by atoms with E-state index in [0.717, 1.165) is 5.69 Å². The van der Waals surface area contributed by atoms with Crippen LogP contribution in [0.4, 0.5) is 0 Å². The summed E-state index contributed by atoms with van der Waals surface area (Å²) in [5.41, 5.74) is 2.26. The van der Waals surface area contributed by atoms with E-state index < -0.39 is 0 Å². The van der Waals surface area contributed by atoms with Crippen molar-refractivity contribution in [3.8, 4) is 11.3 Å². The minimum atomic E-state index is 0.213. The van der Waals surface area contributed by atoms with Gasteiger partial charge in [-0.3, -0.25) is 4.98 Å². The number of hydrogen-bond donors (Lipinski definition) is 0. The number of hydrogen-bond acceptors (Lipinski definition) is 2. The Morgan fingerprint density at radius 2 is 1.65 bits per heavy atom. The molecule has 0 aliphatic heterocycles. The van der Waals surface area contributed by atoms with E-state index in [-0.39, 0.29) is 4.75 Å². The highest BCUT2D eigenvalue weighted by atomic mass is 32.2. The van der Waals surface area contributed by atoms with E-state index >= 15 is 0 Å². The minimum absolute atomic E-state index is 0.213. The summed E-state index contributed by atoms with van der Waals surface area (Å²) < 4.78 is 0.213. The molecule has 0 saturated carbocycles. The third-order valence-corrected chi connectivity index (χ3v) is 3.43. The molecule has 0 unspecified atom stereocenters. The molecule has 0 aliphatic rings. The maximum atomic E-state index is 4.43. The van der Waals surface area contributed by atoms with Crippen LogP contribution < -0.4 is 0 Å². The fraction of sp³-hybridized carbons (Fsp3) is 0.267. The van der Waals surface area contributed by atoms with E-state index in [1.165, 1.54) is 10.5 Å². The van der Waals surface area contributed by atoms with Gasteiger partial charge in [-0.15, -0.1) is 11.8 Å². The Kier molecular flexibility index (Phi) is 3.53. The second-order valence-electron chi connectivity index (χ2n) is 4.93. The number of nitrogens with zero attached hydrogens (tertiary/aromatic N) is 1. The quantitative estimate of drug-likeness (QED) is 0.713. The van der Waals surface area contributed by atoms with Crippen LogP contribution in [-0.4, -0.2) is 9.73 Å². The average molecular weight is 243 g/mol. The summed E-state index contributed by atoms with van der Waals surface area (Å²) in [5, 5.41) is 0. The molecule has 0 atom stereocenters. The summed E-state index contributed by atoms with van der Waals surface area (Å²) in [6.45, 7) is 6.69. The molecule has 0 aliphatic carbocycles. The van der Waals surface area contributed by atoms with E-state index in [2.05, 4.69) is 56.1 Å². The van der Waals surface area contributed by atoms with Gasteiger partial charge in [0.05, 0.1) is 5.69 Å². The normalized spacial score (nSPS) is 11.5. The third-order valence-electron chi connectivity index (χ3n) is 2.24. The highest BCUT2D eigenvalue weighted by molar-refractivity contribution is 8.00. The molecular weight excluding hydrogens is 226 g/mol. The minimum Gasteiger partial charge on any atom is -0.256 e. The van der Waals surface area contributed by atoms with Crippen LogP contribution in [-0.2, 0) is 0 Å². The van der Waals surface area contributed by atoms with Crippen LogP contribution in [0.1, 0.15) is 20.8 Å². The van der Waals surface area contributed by atoms with Crippen LogP contribution >= 0.6 is 11.8 Å². The number of aromatic nitrogens is 1. The zero-order chi connectivity index (χ0) is 12.3. The van der Waals surface area contributed by atoms with Gasteiger partial charge >= 0.3 is 0 Å². The first-order valence-electron chi connectivity index (χ1n) is 5.76. The van der Waals surface area contributed by atoms with Crippen LogP contribution in [0.25, 0.3) is 11.3 Å². The average Bonchev–Trinajstić information content (AvgIpc) is 2.29. The van der Waals surface area contributed by atoms with Gasteiger partial charge in [0, 0.05) is 21.4 Å². The monoisotopic (exact) mass is 243 g/mol. The summed E-state index contributed by atoms with van der Waals surface area (Å²) in [4.78, 5) is 5.72. The van der Waals surface area contributed by atoms with Crippen molar-refractivity contribution in [2.24, 2.45) is 0 Å². The Hall–Kier alpha value is -1.28. The molecule has 1 heterocycles. The fourth-order valence-corrected chi connectivity index (χ4v) is 2.71. The highest BCUT2D eigenvalue weighted by Gasteiger charge is 2.15. The number of thioether (sulfide) groups is 1. The van der Waals surface area contributed by atoms with Gasteiger partial charge in [0.2, 0.25) is 0 Å². The number of benzene rings is 1. The number of rotatable bonds is 2. The largest absolute Gasteiger partial charge is 0.256 e. The lowest BCUT2D eigenvalue weighted by Crippen LogP contribution is -2.07. The van der Waals surface area contributed by atoms with E-state index in [4.69, 9.17) is 0 Å². The zero-order valence-electron chi connectivity index (χ0n) is 10.5. The maximum Gasteiger partial charge on any atom is 0.0713 e. The predicted octanol–water partition coefficient (Wildman–Crippen LogP) is 4.64. The molecule has 88 valence electrons. The van der Waals surface area contributed by atoms with Crippen molar-refractivity contribution in [1.29, 1.82) is 0 Å². The van der Waals surface area contributed by atoms with E-state index in [0.29, 0.717) is 0 Å². The molecule has 2 aromatic rings. The second kappa shape index (κ2) is 4.92. The van der Waals surface area contributed by atoms with Crippen molar-refractivity contribution in [3.63, 3.8) is 0 Å². The second-order valence-corrected chi connectivity index (χ2v) is 6.79. The summed E-state index contributed by atoms with van der Waals surface area (Å²) in [5.74, 6) is 0. The Morgan fingerprint density at radius 1 is 0.941 bits per heavy atom. The van der Waals surface area contributed by atoms with Gasteiger partial charge in [-0.2, -0.15) is 0 Å². The summed E-state index contributed by atoms with van der Waals surface area (Å²) in [6, 6.07) is 14.5. The predicted molar refractivity (Wildman–Crippen MR) is 75.3 cm³/mol. The van der Waals surface area contributed by atoms with Crippen molar-refractivity contribution in [2.75, 3.05) is 0 Å². The molecule has 0 amide bonds. The Balaban J connectivity index is 2.41. The molecule has 0 N–H and O–H groups in total. The van der Waals surface area contributed by atoms with Crippen LogP contribution in [0.3, 0.4) is 0 Å². The summed E-state index contributed by atoms with van der Waals surface area (Å²) in [6.07, 6.45) is 1.84.